The molecule has 0 radical (unpaired) electrons. The van der Waals surface area contributed by atoms with Crippen molar-refractivity contribution in [3.8, 4) is 11.5 Å². The van der Waals surface area contributed by atoms with E-state index in [0.29, 0.717) is 35.7 Å². The molecule has 3 amide bonds. The summed E-state index contributed by atoms with van der Waals surface area (Å²) in [7, 11) is 0. The highest BCUT2D eigenvalue weighted by atomic mass is 16.5. The van der Waals surface area contributed by atoms with Crippen LogP contribution >= 0.6 is 0 Å². The highest BCUT2D eigenvalue weighted by Crippen LogP contribution is 2.48. The lowest BCUT2D eigenvalue weighted by molar-refractivity contribution is -0.156. The molecule has 7 rings (SSSR count). The molecule has 0 saturated carbocycles. The Kier molecular flexibility index (Phi) is 6.38. The quantitative estimate of drug-likeness (QED) is 0.331. The second kappa shape index (κ2) is 10.4. The van der Waals surface area contributed by atoms with Gasteiger partial charge in [-0.05, 0) is 48.2 Å². The van der Waals surface area contributed by atoms with Gasteiger partial charge in [-0.2, -0.15) is 0 Å². The highest BCUT2D eigenvalue weighted by Gasteiger charge is 2.55. The van der Waals surface area contributed by atoms with Crippen LogP contribution in [0.2, 0.25) is 0 Å². The fourth-order valence-corrected chi connectivity index (χ4v) is 6.73. The average molecular weight is 560 g/mol. The first-order chi connectivity index (χ1) is 20.5. The lowest BCUT2D eigenvalue weighted by Gasteiger charge is -2.47. The van der Waals surface area contributed by atoms with Gasteiger partial charge in [0.15, 0.2) is 11.5 Å². The summed E-state index contributed by atoms with van der Waals surface area (Å²) in [5.41, 5.74) is 2.79. The van der Waals surface area contributed by atoms with E-state index in [-0.39, 0.29) is 24.5 Å². The first-order valence-electron chi connectivity index (χ1n) is 14.1. The molecule has 8 nitrogen and oxygen atoms in total. The number of nitrogens with zero attached hydrogens (tertiary/aromatic N) is 3. The number of rotatable bonds is 4. The maximum Gasteiger partial charge on any atom is 0.330 e. The van der Waals surface area contributed by atoms with E-state index in [1.807, 2.05) is 109 Å². The predicted molar refractivity (Wildman–Crippen MR) is 157 cm³/mol. The van der Waals surface area contributed by atoms with Gasteiger partial charge in [-0.1, -0.05) is 84.9 Å². The molecular weight excluding hydrogens is 530 g/mol. The normalized spacial score (nSPS) is 20.5. The summed E-state index contributed by atoms with van der Waals surface area (Å²) in [5, 5.41) is 10.6. The molecule has 4 aromatic rings. The molecule has 8 heteroatoms. The number of carbonyl (C=O) groups is 3. The molecule has 0 spiro atoms. The van der Waals surface area contributed by atoms with E-state index in [4.69, 9.17) is 4.74 Å². The number of ether oxygens (including phenoxy) is 1. The van der Waals surface area contributed by atoms with Crippen molar-refractivity contribution in [1.82, 2.24) is 9.80 Å². The van der Waals surface area contributed by atoms with E-state index in [1.165, 1.54) is 4.90 Å². The average Bonchev–Trinajstić information content (AvgIpc) is 3.32. The summed E-state index contributed by atoms with van der Waals surface area (Å²) >= 11 is 0. The number of fused-ring (bicyclic) bond motifs is 4. The van der Waals surface area contributed by atoms with Crippen molar-refractivity contribution in [2.24, 2.45) is 0 Å². The molecule has 4 aromatic carbocycles. The van der Waals surface area contributed by atoms with E-state index in [2.05, 4.69) is 0 Å². The molecule has 3 atom stereocenters. The number of urea groups is 1. The number of benzene rings is 4. The molecule has 210 valence electrons. The first-order valence-corrected chi connectivity index (χ1v) is 14.1. The fourth-order valence-electron chi connectivity index (χ4n) is 6.73. The van der Waals surface area contributed by atoms with Gasteiger partial charge in [0, 0.05) is 6.54 Å². The van der Waals surface area contributed by atoms with Gasteiger partial charge in [0.25, 0.3) is 0 Å². The number of carboxylic acids is 1. The van der Waals surface area contributed by atoms with E-state index >= 15 is 0 Å². The molecule has 1 N–H and O–H groups in total. The third-order valence-corrected chi connectivity index (χ3v) is 8.55. The summed E-state index contributed by atoms with van der Waals surface area (Å²) in [6.45, 7) is 0.141. The SMILES string of the molecule is O=C(O)[C@@H]1[C@H]2CC[C@@H](CN1C(=O)C(c1ccccc1)c1ccccc1)N2C(=O)N1c2ccccc2Oc2ccccc21. The van der Waals surface area contributed by atoms with Crippen molar-refractivity contribution in [3.63, 3.8) is 0 Å². The topological polar surface area (TPSA) is 90.4 Å². The van der Waals surface area contributed by atoms with Crippen LogP contribution in [-0.4, -0.2) is 57.5 Å². The van der Waals surface area contributed by atoms with Crippen LogP contribution in [0.3, 0.4) is 0 Å². The zero-order valence-corrected chi connectivity index (χ0v) is 22.7. The summed E-state index contributed by atoms with van der Waals surface area (Å²) in [5.74, 6) is -0.947. The van der Waals surface area contributed by atoms with Crippen molar-refractivity contribution >= 4 is 29.3 Å². The van der Waals surface area contributed by atoms with E-state index < -0.39 is 24.0 Å². The number of likely N-dealkylation sites (tertiary alicyclic amines) is 1. The number of aliphatic carboxylic acids is 1. The van der Waals surface area contributed by atoms with E-state index in [0.717, 1.165) is 11.1 Å². The Morgan fingerprint density at radius 2 is 1.24 bits per heavy atom. The third kappa shape index (κ3) is 4.18. The maximum atomic E-state index is 14.5. The van der Waals surface area contributed by atoms with Gasteiger partial charge in [-0.15, -0.1) is 0 Å². The Bertz CT molecular complexity index is 1580. The smallest absolute Gasteiger partial charge is 0.330 e. The number of amides is 3. The zero-order chi connectivity index (χ0) is 28.8. The second-order valence-corrected chi connectivity index (χ2v) is 10.9. The van der Waals surface area contributed by atoms with Crippen molar-refractivity contribution in [1.29, 1.82) is 0 Å². The Morgan fingerprint density at radius 3 is 1.79 bits per heavy atom. The van der Waals surface area contributed by atoms with Gasteiger partial charge in [-0.3, -0.25) is 9.69 Å². The maximum absolute atomic E-state index is 14.5. The van der Waals surface area contributed by atoms with Gasteiger partial charge in [0.2, 0.25) is 5.91 Å². The van der Waals surface area contributed by atoms with Crippen LogP contribution in [0, 0.1) is 0 Å². The number of carboxylic acid groups (broad SMARTS) is 1. The summed E-state index contributed by atoms with van der Waals surface area (Å²) < 4.78 is 6.07. The lowest BCUT2D eigenvalue weighted by Crippen LogP contribution is -2.66. The van der Waals surface area contributed by atoms with Crippen LogP contribution in [0.25, 0.3) is 0 Å². The number of hydrogen-bond donors (Lipinski definition) is 1. The standard InChI is InChI=1S/C34H29N3O5/c38-32(30(22-11-3-1-4-12-22)23-13-5-2-6-14-23)35-21-24-19-20-27(31(35)33(39)40)36(24)34(41)37-25-15-7-9-17-28(25)42-29-18-10-8-16-26(29)37/h1-18,24,27,30-31H,19-21H2,(H,39,40)/t24-,27+,31-/m0/s1. The molecule has 3 heterocycles. The number of hydrogen-bond acceptors (Lipinski definition) is 4. The molecule has 2 saturated heterocycles. The van der Waals surface area contributed by atoms with Crippen LogP contribution in [-0.2, 0) is 9.59 Å². The molecule has 42 heavy (non-hydrogen) atoms. The molecule has 0 aromatic heterocycles. The second-order valence-electron chi connectivity index (χ2n) is 10.9. The summed E-state index contributed by atoms with van der Waals surface area (Å²) in [6, 6.07) is 31.0. The predicted octanol–water partition coefficient (Wildman–Crippen LogP) is 6.01. The van der Waals surface area contributed by atoms with Gasteiger partial charge in [0.05, 0.1) is 29.4 Å². The van der Waals surface area contributed by atoms with Crippen molar-refractivity contribution in [3.05, 3.63) is 120 Å². The Balaban J connectivity index is 1.26. The third-order valence-electron chi connectivity index (χ3n) is 8.55. The zero-order valence-electron chi connectivity index (χ0n) is 22.7. The molecule has 2 fully saturated rings. The van der Waals surface area contributed by atoms with E-state index in [1.54, 1.807) is 9.80 Å². The number of piperazine rings is 1. The Hall–Kier alpha value is -5.11. The minimum absolute atomic E-state index is 0.141. The van der Waals surface area contributed by atoms with Gasteiger partial charge in [-0.25, -0.2) is 9.59 Å². The lowest BCUT2D eigenvalue weighted by atomic mass is 9.88. The minimum atomic E-state index is -1.18. The monoisotopic (exact) mass is 559 g/mol. The largest absolute Gasteiger partial charge is 0.480 e. The van der Waals surface area contributed by atoms with Crippen molar-refractivity contribution in [2.45, 2.75) is 36.9 Å². The van der Waals surface area contributed by atoms with Gasteiger partial charge in [0.1, 0.15) is 6.04 Å². The Labute approximate surface area is 243 Å². The summed E-state index contributed by atoms with van der Waals surface area (Å²) in [6.07, 6.45) is 1.10. The minimum Gasteiger partial charge on any atom is -0.480 e. The highest BCUT2D eigenvalue weighted by molar-refractivity contribution is 6.04. The number of para-hydroxylation sites is 4. The van der Waals surface area contributed by atoms with Gasteiger partial charge < -0.3 is 19.6 Å². The number of carbonyl (C=O) groups excluding carboxylic acids is 2. The van der Waals surface area contributed by atoms with Crippen molar-refractivity contribution < 1.29 is 24.2 Å². The molecule has 0 aliphatic carbocycles. The fraction of sp³-hybridized carbons (Fsp3) is 0.206. The van der Waals surface area contributed by atoms with Crippen LogP contribution in [0.1, 0.15) is 29.9 Å². The first kappa shape index (κ1) is 25.8. The van der Waals surface area contributed by atoms with Crippen LogP contribution in [0.15, 0.2) is 109 Å². The molecule has 3 aliphatic rings. The molecule has 3 aliphatic heterocycles. The molecule has 0 unspecified atom stereocenters. The van der Waals surface area contributed by atoms with Crippen LogP contribution in [0.4, 0.5) is 16.2 Å². The van der Waals surface area contributed by atoms with E-state index in [9.17, 15) is 19.5 Å². The number of anilines is 2. The van der Waals surface area contributed by atoms with Crippen LogP contribution < -0.4 is 9.64 Å². The molecular formula is C34H29N3O5. The van der Waals surface area contributed by atoms with Crippen LogP contribution in [0.5, 0.6) is 11.5 Å². The molecule has 2 bridgehead atoms. The van der Waals surface area contributed by atoms with Gasteiger partial charge >= 0.3 is 12.0 Å². The Morgan fingerprint density at radius 1 is 0.714 bits per heavy atom. The van der Waals surface area contributed by atoms with Crippen molar-refractivity contribution in [2.75, 3.05) is 11.4 Å². The summed E-state index contributed by atoms with van der Waals surface area (Å²) in [4.78, 5) is 46.6.